The third kappa shape index (κ3) is 7.09. The molecule has 6 rings (SSSR count). The van der Waals surface area contributed by atoms with Crippen molar-refractivity contribution >= 4 is 28.1 Å². The monoisotopic (exact) mass is 653 g/mol. The van der Waals surface area contributed by atoms with E-state index in [0.717, 1.165) is 44.2 Å². The molecule has 0 amide bonds. The van der Waals surface area contributed by atoms with E-state index < -0.39 is 57.5 Å². The molecule has 0 spiro atoms. The Hall–Kier alpha value is -3.85. The third-order valence-electron chi connectivity index (χ3n) is 8.16. The molecule has 15 heteroatoms. The molecule has 3 aliphatic rings. The van der Waals surface area contributed by atoms with E-state index in [2.05, 4.69) is 31.9 Å². The first kappa shape index (κ1) is 35.0. The zero-order valence-corrected chi connectivity index (χ0v) is 26.8. The van der Waals surface area contributed by atoms with Gasteiger partial charge < -0.3 is 30.6 Å². The van der Waals surface area contributed by atoms with E-state index in [1.165, 1.54) is 20.1 Å². The quantitative estimate of drug-likeness (QED) is 0.249. The second-order valence-corrected chi connectivity index (χ2v) is 11.2. The maximum Gasteiger partial charge on any atom is 0.417 e. The molecule has 3 aliphatic heterocycles. The number of halogens is 5. The summed E-state index contributed by atoms with van der Waals surface area (Å²) in [6.07, 6.45) is -3.02. The molecule has 0 radical (unpaired) electrons. The number of hydrogen-bond donors (Lipinski definition) is 2. The summed E-state index contributed by atoms with van der Waals surface area (Å²) in [5.74, 6) is -2.21. The zero-order chi connectivity index (χ0) is 33.9. The van der Waals surface area contributed by atoms with Gasteiger partial charge in [-0.05, 0) is 45.5 Å². The highest BCUT2D eigenvalue weighted by Crippen LogP contribution is 2.44. The Kier molecular flexibility index (Phi) is 10.9. The average molecular weight is 654 g/mol. The molecule has 3 aromatic rings. The first-order chi connectivity index (χ1) is 21.8. The van der Waals surface area contributed by atoms with Gasteiger partial charge in [0, 0.05) is 42.6 Å². The normalized spacial score (nSPS) is 19.7. The Bertz CT molecular complexity index is 1600. The van der Waals surface area contributed by atoms with Gasteiger partial charge in [0.05, 0.1) is 31.6 Å². The molecule has 46 heavy (non-hydrogen) atoms. The summed E-state index contributed by atoms with van der Waals surface area (Å²) in [7, 11) is 3.41. The van der Waals surface area contributed by atoms with Gasteiger partial charge in [0.25, 0.3) is 0 Å². The molecular weight excluding hydrogens is 613 g/mol. The van der Waals surface area contributed by atoms with Crippen molar-refractivity contribution in [2.24, 2.45) is 10.9 Å². The molecule has 5 heterocycles. The van der Waals surface area contributed by atoms with Crippen LogP contribution in [0.25, 0.3) is 22.2 Å². The van der Waals surface area contributed by atoms with Gasteiger partial charge in [-0.3, -0.25) is 4.99 Å². The van der Waals surface area contributed by atoms with E-state index in [0.29, 0.717) is 19.0 Å². The van der Waals surface area contributed by atoms with Crippen molar-refractivity contribution in [3.05, 3.63) is 28.8 Å². The van der Waals surface area contributed by atoms with Crippen molar-refractivity contribution in [2.45, 2.75) is 65.3 Å². The summed E-state index contributed by atoms with van der Waals surface area (Å²) in [6, 6.07) is 1.12. The second-order valence-electron chi connectivity index (χ2n) is 11.2. The van der Waals surface area contributed by atoms with Crippen LogP contribution in [0.1, 0.15) is 51.2 Å². The van der Waals surface area contributed by atoms with Gasteiger partial charge in [-0.2, -0.15) is 23.1 Å². The van der Waals surface area contributed by atoms with Crippen LogP contribution in [0, 0.1) is 24.5 Å². The number of pyridine rings is 1. The Morgan fingerprint density at radius 3 is 2.39 bits per heavy atom. The van der Waals surface area contributed by atoms with Crippen molar-refractivity contribution in [1.29, 1.82) is 0 Å². The van der Waals surface area contributed by atoms with Crippen LogP contribution >= 0.6 is 0 Å². The number of hydrogen-bond acceptors (Lipinski definition) is 10. The van der Waals surface area contributed by atoms with Crippen molar-refractivity contribution in [1.82, 2.24) is 19.9 Å². The van der Waals surface area contributed by atoms with Crippen LogP contribution in [0.2, 0.25) is 0 Å². The van der Waals surface area contributed by atoms with Crippen LogP contribution in [0.5, 0.6) is 11.9 Å². The third-order valence-corrected chi connectivity index (χ3v) is 8.16. The summed E-state index contributed by atoms with van der Waals surface area (Å²) in [5.41, 5.74) is 7.61. The Morgan fingerprint density at radius 1 is 1.11 bits per heavy atom. The summed E-state index contributed by atoms with van der Waals surface area (Å²) >= 11 is 0. The van der Waals surface area contributed by atoms with Crippen LogP contribution in [0.15, 0.2) is 11.1 Å². The average Bonchev–Trinajstić information content (AvgIpc) is 3.60. The van der Waals surface area contributed by atoms with E-state index in [1.807, 2.05) is 13.8 Å². The minimum atomic E-state index is -5.05. The van der Waals surface area contributed by atoms with E-state index in [9.17, 15) is 17.6 Å². The van der Waals surface area contributed by atoms with Gasteiger partial charge >= 0.3 is 12.2 Å². The number of aliphatic imine (C=N–C) groups is 1. The lowest BCUT2D eigenvalue weighted by molar-refractivity contribution is -0.137. The molecule has 0 bridgehead atoms. The number of benzene rings is 1. The molecule has 0 aliphatic carbocycles. The lowest BCUT2D eigenvalue weighted by Crippen LogP contribution is -2.28. The van der Waals surface area contributed by atoms with Crippen molar-refractivity contribution < 1.29 is 36.2 Å². The highest BCUT2D eigenvalue weighted by atomic mass is 19.4. The van der Waals surface area contributed by atoms with Crippen LogP contribution in [0.3, 0.4) is 0 Å². The van der Waals surface area contributed by atoms with Crippen molar-refractivity contribution in [3.63, 3.8) is 0 Å². The molecule has 2 aromatic heterocycles. The van der Waals surface area contributed by atoms with Crippen LogP contribution < -0.4 is 20.9 Å². The van der Waals surface area contributed by atoms with E-state index in [4.69, 9.17) is 25.7 Å². The number of likely N-dealkylation sites (tertiary alicyclic amines) is 1. The SMILES string of the molecule is CC.CN1CCC2COCC21.COc1nc(N)c2c(OC(C)CC3=NCC3)nc(-c3cc(N)c(F)c(C)c3C(F)(F)F)c(F)c2n1. The topological polar surface area (TPSA) is 134 Å². The summed E-state index contributed by atoms with van der Waals surface area (Å²) in [6.45, 7) is 10.6. The minimum Gasteiger partial charge on any atom is -0.474 e. The highest BCUT2D eigenvalue weighted by Gasteiger charge is 2.39. The molecule has 2 fully saturated rings. The fraction of sp³-hybridized carbons (Fsp3) is 0.548. The molecule has 3 atom stereocenters. The molecule has 1 aromatic carbocycles. The summed E-state index contributed by atoms with van der Waals surface area (Å²) in [5, 5.41) is -0.144. The molecule has 0 saturated carbocycles. The van der Waals surface area contributed by atoms with Crippen molar-refractivity contribution in [3.8, 4) is 23.1 Å². The number of anilines is 2. The largest absolute Gasteiger partial charge is 0.474 e. The number of aromatic nitrogens is 3. The molecule has 252 valence electrons. The van der Waals surface area contributed by atoms with Crippen LogP contribution in [-0.4, -0.2) is 78.2 Å². The van der Waals surface area contributed by atoms with Gasteiger partial charge in [-0.25, -0.2) is 13.8 Å². The molecule has 2 saturated heterocycles. The fourth-order valence-corrected chi connectivity index (χ4v) is 5.76. The first-order valence-electron chi connectivity index (χ1n) is 15.1. The van der Waals surface area contributed by atoms with Gasteiger partial charge in [0.1, 0.15) is 34.3 Å². The number of rotatable bonds is 6. The highest BCUT2D eigenvalue weighted by molar-refractivity contribution is 5.96. The predicted molar refractivity (Wildman–Crippen MR) is 166 cm³/mol. The van der Waals surface area contributed by atoms with E-state index in [1.54, 1.807) is 6.92 Å². The fourth-order valence-electron chi connectivity index (χ4n) is 5.76. The molecule has 3 unspecified atom stereocenters. The maximum atomic E-state index is 15.7. The first-order valence-corrected chi connectivity index (χ1v) is 15.1. The number of nitrogens with two attached hydrogens (primary N) is 2. The number of alkyl halides is 3. The molecule has 4 N–H and O–H groups in total. The number of ether oxygens (including phenoxy) is 3. The lowest BCUT2D eigenvalue weighted by Gasteiger charge is -2.22. The van der Waals surface area contributed by atoms with Crippen LogP contribution in [-0.2, 0) is 10.9 Å². The van der Waals surface area contributed by atoms with Gasteiger partial charge in [-0.1, -0.05) is 13.8 Å². The summed E-state index contributed by atoms with van der Waals surface area (Å²) < 4.78 is 88.1. The summed E-state index contributed by atoms with van der Waals surface area (Å²) in [4.78, 5) is 18.5. The lowest BCUT2D eigenvalue weighted by atomic mass is 9.96. The van der Waals surface area contributed by atoms with Gasteiger partial charge in [0.15, 0.2) is 5.82 Å². The van der Waals surface area contributed by atoms with Gasteiger partial charge in [-0.15, -0.1) is 0 Å². The maximum absolute atomic E-state index is 15.7. The standard InChI is InChI=1S/C22H21F5N6O2.C7H13NO.C2H6/c1-8(6-10-4-5-30-10)35-20-13-18(32-21(34-3)33-19(13)29)16(24)17(31-20)11-7-12(28)15(23)9(2)14(11)22(25,26)27;1-8-3-2-6-4-9-5-7(6)8;1-2/h7-8H,4-6,28H2,1-3H3,(H2,29,32,33);6-7H,2-5H2,1H3;1-2H3. The van der Waals surface area contributed by atoms with Crippen LogP contribution in [0.4, 0.5) is 33.5 Å². The number of methoxy groups -OCH3 is 1. The number of likely N-dealkylation sites (N-methyl/N-ethyl adjacent to an activating group) is 1. The predicted octanol–water partition coefficient (Wildman–Crippen LogP) is 5.84. The van der Waals surface area contributed by atoms with Gasteiger partial charge in [0.2, 0.25) is 5.88 Å². The van der Waals surface area contributed by atoms with E-state index in [-0.39, 0.29) is 23.1 Å². The number of fused-ring (bicyclic) bond motifs is 2. The molecular formula is C31H40F5N7O3. The van der Waals surface area contributed by atoms with E-state index >= 15 is 4.39 Å². The Labute approximate surface area is 264 Å². The molecule has 10 nitrogen and oxygen atoms in total. The Balaban J connectivity index is 0.000000367. The second kappa shape index (κ2) is 14.3. The Morgan fingerprint density at radius 2 is 1.80 bits per heavy atom. The smallest absolute Gasteiger partial charge is 0.417 e. The zero-order valence-electron chi connectivity index (χ0n) is 26.8. The number of nitrogens with zero attached hydrogens (tertiary/aromatic N) is 5. The number of nitrogen functional groups attached to an aromatic ring is 2. The minimum absolute atomic E-state index is 0.144. The van der Waals surface area contributed by atoms with Crippen molar-refractivity contribution in [2.75, 3.05) is 51.9 Å².